The van der Waals surface area contributed by atoms with E-state index in [9.17, 15) is 0 Å². The van der Waals surface area contributed by atoms with Crippen molar-refractivity contribution in [2.75, 3.05) is 47.3 Å². The number of likely N-dealkylation sites (tertiary alicyclic amines) is 2. The molecule has 0 spiro atoms. The quantitative estimate of drug-likeness (QED) is 0.804. The maximum atomic E-state index is 2.67. The highest BCUT2D eigenvalue weighted by molar-refractivity contribution is 5.25. The molecule has 2 aliphatic heterocycles. The first-order valence-electron chi connectivity index (χ1n) is 10.2. The van der Waals surface area contributed by atoms with Crippen molar-refractivity contribution in [1.82, 2.24) is 14.7 Å². The molecule has 0 aromatic heterocycles. The molecule has 1 unspecified atom stereocenters. The van der Waals surface area contributed by atoms with Gasteiger partial charge in [-0.25, -0.2) is 0 Å². The van der Waals surface area contributed by atoms with Gasteiger partial charge in [0, 0.05) is 12.6 Å². The second kappa shape index (κ2) is 8.66. The summed E-state index contributed by atoms with van der Waals surface area (Å²) >= 11 is 0. The van der Waals surface area contributed by atoms with Crippen LogP contribution in [0.4, 0.5) is 0 Å². The van der Waals surface area contributed by atoms with Gasteiger partial charge in [-0.05, 0) is 103 Å². The van der Waals surface area contributed by atoms with Crippen molar-refractivity contribution in [1.29, 1.82) is 0 Å². The summed E-state index contributed by atoms with van der Waals surface area (Å²) in [5, 5.41) is 0. The molecular formula is C22H37N3. The van der Waals surface area contributed by atoms with E-state index in [1.54, 1.807) is 0 Å². The van der Waals surface area contributed by atoms with Crippen molar-refractivity contribution in [3.8, 4) is 0 Å². The van der Waals surface area contributed by atoms with Gasteiger partial charge < -0.3 is 9.80 Å². The second-order valence-corrected chi connectivity index (χ2v) is 8.64. The molecule has 2 aliphatic rings. The van der Waals surface area contributed by atoms with Crippen LogP contribution in [0.15, 0.2) is 24.3 Å². The topological polar surface area (TPSA) is 9.72 Å². The predicted molar refractivity (Wildman–Crippen MR) is 107 cm³/mol. The summed E-state index contributed by atoms with van der Waals surface area (Å²) in [6.45, 7) is 8.58. The summed E-state index contributed by atoms with van der Waals surface area (Å²) in [6.07, 6.45) is 5.65. The summed E-state index contributed by atoms with van der Waals surface area (Å²) in [5.74, 6) is 1.97. The monoisotopic (exact) mass is 343 g/mol. The van der Waals surface area contributed by atoms with Crippen molar-refractivity contribution < 1.29 is 0 Å². The van der Waals surface area contributed by atoms with E-state index in [0.29, 0.717) is 6.04 Å². The SMILES string of the molecule is CC(c1cccc(CN2CCC(C3CCN(C)CC3)CC2)c1)N(C)C. The Labute approximate surface area is 155 Å². The van der Waals surface area contributed by atoms with Gasteiger partial charge in [0.05, 0.1) is 0 Å². The molecule has 3 nitrogen and oxygen atoms in total. The normalized spacial score (nSPS) is 23.2. The molecule has 0 aliphatic carbocycles. The van der Waals surface area contributed by atoms with Crippen molar-refractivity contribution in [2.45, 2.75) is 45.2 Å². The summed E-state index contributed by atoms with van der Waals surface area (Å²) in [6, 6.07) is 9.69. The fraction of sp³-hybridized carbons (Fsp3) is 0.727. The Balaban J connectivity index is 1.50. The van der Waals surface area contributed by atoms with E-state index < -0.39 is 0 Å². The standard InChI is InChI=1S/C22H37N3/c1-18(23(2)3)22-7-5-6-19(16-22)17-25-14-10-21(11-15-25)20-8-12-24(4)13-9-20/h5-7,16,18,20-21H,8-15,17H2,1-4H3. The molecule has 0 bridgehead atoms. The molecule has 1 atom stereocenters. The lowest BCUT2D eigenvalue weighted by atomic mass is 9.79. The van der Waals surface area contributed by atoms with Gasteiger partial charge in [0.25, 0.3) is 0 Å². The largest absolute Gasteiger partial charge is 0.306 e. The Hall–Kier alpha value is -0.900. The highest BCUT2D eigenvalue weighted by atomic mass is 15.1. The Morgan fingerprint density at radius 2 is 1.60 bits per heavy atom. The number of piperidine rings is 2. The van der Waals surface area contributed by atoms with E-state index in [1.165, 1.54) is 63.0 Å². The molecule has 2 saturated heterocycles. The van der Waals surface area contributed by atoms with Crippen LogP contribution in [-0.4, -0.2) is 62.0 Å². The molecule has 25 heavy (non-hydrogen) atoms. The Kier molecular flexibility index (Phi) is 6.54. The minimum Gasteiger partial charge on any atom is -0.306 e. The third-order valence-corrected chi connectivity index (χ3v) is 6.68. The van der Waals surface area contributed by atoms with Crippen LogP contribution < -0.4 is 0 Å². The molecular weight excluding hydrogens is 306 g/mol. The van der Waals surface area contributed by atoms with Crippen LogP contribution in [0.5, 0.6) is 0 Å². The fourth-order valence-corrected chi connectivity index (χ4v) is 4.59. The van der Waals surface area contributed by atoms with Gasteiger partial charge in [0.1, 0.15) is 0 Å². The van der Waals surface area contributed by atoms with E-state index in [2.05, 4.69) is 67.0 Å². The third-order valence-electron chi connectivity index (χ3n) is 6.68. The van der Waals surface area contributed by atoms with Crippen molar-refractivity contribution in [3.05, 3.63) is 35.4 Å². The van der Waals surface area contributed by atoms with Gasteiger partial charge in [0.15, 0.2) is 0 Å². The van der Waals surface area contributed by atoms with Gasteiger partial charge in [-0.3, -0.25) is 4.90 Å². The van der Waals surface area contributed by atoms with Crippen LogP contribution in [0.1, 0.15) is 49.8 Å². The minimum absolute atomic E-state index is 0.482. The molecule has 140 valence electrons. The fourth-order valence-electron chi connectivity index (χ4n) is 4.59. The molecule has 0 radical (unpaired) electrons. The van der Waals surface area contributed by atoms with E-state index >= 15 is 0 Å². The van der Waals surface area contributed by atoms with Crippen LogP contribution in [0.25, 0.3) is 0 Å². The van der Waals surface area contributed by atoms with Crippen molar-refractivity contribution in [2.24, 2.45) is 11.8 Å². The lowest BCUT2D eigenvalue weighted by Gasteiger charge is -2.39. The Morgan fingerprint density at radius 3 is 2.20 bits per heavy atom. The molecule has 3 heteroatoms. The first-order chi connectivity index (χ1) is 12.0. The van der Waals surface area contributed by atoms with Gasteiger partial charge in [-0.2, -0.15) is 0 Å². The van der Waals surface area contributed by atoms with E-state index in [0.717, 1.165) is 18.4 Å². The molecule has 0 amide bonds. The zero-order valence-corrected chi connectivity index (χ0v) is 16.7. The lowest BCUT2D eigenvalue weighted by Crippen LogP contribution is -2.39. The van der Waals surface area contributed by atoms with E-state index in [-0.39, 0.29) is 0 Å². The minimum atomic E-state index is 0.482. The van der Waals surface area contributed by atoms with Gasteiger partial charge >= 0.3 is 0 Å². The highest BCUT2D eigenvalue weighted by Crippen LogP contribution is 2.32. The first-order valence-corrected chi connectivity index (χ1v) is 10.2. The van der Waals surface area contributed by atoms with Crippen LogP contribution in [0, 0.1) is 11.8 Å². The number of nitrogens with zero attached hydrogens (tertiary/aromatic N) is 3. The van der Waals surface area contributed by atoms with Crippen LogP contribution in [-0.2, 0) is 6.54 Å². The molecule has 3 rings (SSSR count). The summed E-state index contributed by atoms with van der Waals surface area (Å²) < 4.78 is 0. The maximum Gasteiger partial charge on any atom is 0.0313 e. The number of hydrogen-bond acceptors (Lipinski definition) is 3. The zero-order chi connectivity index (χ0) is 17.8. The smallest absolute Gasteiger partial charge is 0.0313 e. The second-order valence-electron chi connectivity index (χ2n) is 8.64. The maximum absolute atomic E-state index is 2.67. The molecule has 1 aromatic rings. The lowest BCUT2D eigenvalue weighted by molar-refractivity contribution is 0.102. The van der Waals surface area contributed by atoms with Crippen LogP contribution >= 0.6 is 0 Å². The number of hydrogen-bond donors (Lipinski definition) is 0. The van der Waals surface area contributed by atoms with Crippen molar-refractivity contribution >= 4 is 0 Å². The summed E-state index contributed by atoms with van der Waals surface area (Å²) in [7, 11) is 6.58. The molecule has 2 heterocycles. The molecule has 2 fully saturated rings. The van der Waals surface area contributed by atoms with Gasteiger partial charge in [-0.1, -0.05) is 24.3 Å². The Bertz CT molecular complexity index is 526. The van der Waals surface area contributed by atoms with Crippen LogP contribution in [0.2, 0.25) is 0 Å². The first kappa shape index (κ1) is 18.9. The zero-order valence-electron chi connectivity index (χ0n) is 16.7. The van der Waals surface area contributed by atoms with E-state index in [1.807, 2.05) is 0 Å². The Morgan fingerprint density at radius 1 is 1.00 bits per heavy atom. The average molecular weight is 344 g/mol. The highest BCUT2D eigenvalue weighted by Gasteiger charge is 2.28. The van der Waals surface area contributed by atoms with Gasteiger partial charge in [-0.15, -0.1) is 0 Å². The van der Waals surface area contributed by atoms with E-state index in [4.69, 9.17) is 0 Å². The summed E-state index contributed by atoms with van der Waals surface area (Å²) in [5.41, 5.74) is 2.91. The third kappa shape index (κ3) is 5.06. The van der Waals surface area contributed by atoms with Crippen molar-refractivity contribution in [3.63, 3.8) is 0 Å². The molecule has 1 aromatic carbocycles. The average Bonchev–Trinajstić information content (AvgIpc) is 2.62. The molecule has 0 saturated carbocycles. The molecule has 0 N–H and O–H groups in total. The van der Waals surface area contributed by atoms with Crippen LogP contribution in [0.3, 0.4) is 0 Å². The van der Waals surface area contributed by atoms with Gasteiger partial charge in [0.2, 0.25) is 0 Å². The number of rotatable bonds is 5. The number of benzene rings is 1. The predicted octanol–water partition coefficient (Wildman–Crippen LogP) is 3.86. The summed E-state index contributed by atoms with van der Waals surface area (Å²) in [4.78, 5) is 7.45.